The number of carboxylic acids is 1. The summed E-state index contributed by atoms with van der Waals surface area (Å²) >= 11 is 0. The van der Waals surface area contributed by atoms with Crippen LogP contribution in [0.3, 0.4) is 0 Å². The summed E-state index contributed by atoms with van der Waals surface area (Å²) in [5.74, 6) is -0.314. The van der Waals surface area contributed by atoms with Gasteiger partial charge in [0.1, 0.15) is 0 Å². The molecular formula is C12H24N2O2. The van der Waals surface area contributed by atoms with E-state index in [-0.39, 0.29) is 12.0 Å². The Labute approximate surface area is 98.2 Å². The van der Waals surface area contributed by atoms with E-state index in [0.717, 1.165) is 13.1 Å². The second kappa shape index (κ2) is 5.64. The number of hydrogen-bond acceptors (Lipinski definition) is 3. The van der Waals surface area contributed by atoms with Gasteiger partial charge in [-0.05, 0) is 39.9 Å². The molecule has 1 fully saturated rings. The topological polar surface area (TPSA) is 43.8 Å². The SMILES string of the molecule is CC(C(=O)O)C(C)N(C)CC1CCN(C)C1. The van der Waals surface area contributed by atoms with Crippen molar-refractivity contribution in [3.63, 3.8) is 0 Å². The van der Waals surface area contributed by atoms with Crippen LogP contribution in [0, 0.1) is 11.8 Å². The summed E-state index contributed by atoms with van der Waals surface area (Å²) in [4.78, 5) is 15.4. The van der Waals surface area contributed by atoms with Crippen LogP contribution in [-0.4, -0.2) is 60.6 Å². The third kappa shape index (κ3) is 3.46. The van der Waals surface area contributed by atoms with Crippen LogP contribution in [0.4, 0.5) is 0 Å². The van der Waals surface area contributed by atoms with Gasteiger partial charge in [0.15, 0.2) is 0 Å². The van der Waals surface area contributed by atoms with Gasteiger partial charge in [-0.2, -0.15) is 0 Å². The zero-order valence-electron chi connectivity index (χ0n) is 10.8. The van der Waals surface area contributed by atoms with Crippen molar-refractivity contribution < 1.29 is 9.90 Å². The highest BCUT2D eigenvalue weighted by Gasteiger charge is 2.26. The Bertz CT molecular complexity index is 245. The lowest BCUT2D eigenvalue weighted by molar-refractivity contribution is -0.143. The number of aliphatic carboxylic acids is 1. The summed E-state index contributed by atoms with van der Waals surface area (Å²) < 4.78 is 0. The van der Waals surface area contributed by atoms with Crippen LogP contribution in [0.25, 0.3) is 0 Å². The van der Waals surface area contributed by atoms with E-state index in [9.17, 15) is 4.79 Å². The molecule has 0 amide bonds. The van der Waals surface area contributed by atoms with Crippen molar-refractivity contribution >= 4 is 5.97 Å². The fraction of sp³-hybridized carbons (Fsp3) is 0.917. The molecule has 0 spiro atoms. The number of carboxylic acid groups (broad SMARTS) is 1. The highest BCUT2D eigenvalue weighted by atomic mass is 16.4. The fourth-order valence-electron chi connectivity index (χ4n) is 2.34. The van der Waals surface area contributed by atoms with E-state index in [4.69, 9.17) is 5.11 Å². The van der Waals surface area contributed by atoms with Gasteiger partial charge in [0.05, 0.1) is 5.92 Å². The van der Waals surface area contributed by atoms with Crippen molar-refractivity contribution in [3.8, 4) is 0 Å². The van der Waals surface area contributed by atoms with Gasteiger partial charge < -0.3 is 14.9 Å². The van der Waals surface area contributed by atoms with Crippen LogP contribution in [0.1, 0.15) is 20.3 Å². The average Bonchev–Trinajstić information content (AvgIpc) is 2.61. The van der Waals surface area contributed by atoms with Crippen molar-refractivity contribution in [2.45, 2.75) is 26.3 Å². The van der Waals surface area contributed by atoms with Crippen molar-refractivity contribution in [1.82, 2.24) is 9.80 Å². The number of hydrogen-bond donors (Lipinski definition) is 1. The predicted octanol–water partition coefficient (Wildman–Crippen LogP) is 0.979. The molecule has 1 rings (SSSR count). The molecule has 0 radical (unpaired) electrons. The van der Waals surface area contributed by atoms with Gasteiger partial charge >= 0.3 is 5.97 Å². The van der Waals surface area contributed by atoms with Gasteiger partial charge in [0, 0.05) is 19.1 Å². The number of nitrogens with zero attached hydrogens (tertiary/aromatic N) is 2. The van der Waals surface area contributed by atoms with Crippen LogP contribution in [0.2, 0.25) is 0 Å². The molecule has 0 aromatic rings. The predicted molar refractivity (Wildman–Crippen MR) is 64.5 cm³/mol. The quantitative estimate of drug-likeness (QED) is 0.762. The molecule has 3 atom stereocenters. The zero-order valence-corrected chi connectivity index (χ0v) is 10.8. The molecule has 0 aromatic carbocycles. The van der Waals surface area contributed by atoms with Crippen LogP contribution in [-0.2, 0) is 4.79 Å². The smallest absolute Gasteiger partial charge is 0.307 e. The largest absolute Gasteiger partial charge is 0.481 e. The summed E-state index contributed by atoms with van der Waals surface area (Å²) in [5, 5.41) is 8.97. The Morgan fingerprint density at radius 2 is 2.19 bits per heavy atom. The van der Waals surface area contributed by atoms with E-state index in [1.165, 1.54) is 13.0 Å². The van der Waals surface area contributed by atoms with E-state index in [1.807, 2.05) is 14.0 Å². The van der Waals surface area contributed by atoms with Crippen LogP contribution >= 0.6 is 0 Å². The Morgan fingerprint density at radius 1 is 1.56 bits per heavy atom. The van der Waals surface area contributed by atoms with Crippen LogP contribution < -0.4 is 0 Å². The molecule has 0 aliphatic carbocycles. The summed E-state index contributed by atoms with van der Waals surface area (Å²) in [6, 6.07) is 0.100. The molecule has 1 aliphatic rings. The molecule has 1 N–H and O–H groups in total. The second-order valence-electron chi connectivity index (χ2n) is 5.22. The Hall–Kier alpha value is -0.610. The minimum Gasteiger partial charge on any atom is -0.481 e. The van der Waals surface area contributed by atoms with E-state index in [2.05, 4.69) is 16.8 Å². The molecule has 3 unspecified atom stereocenters. The zero-order chi connectivity index (χ0) is 12.3. The molecular weight excluding hydrogens is 204 g/mol. The van der Waals surface area contributed by atoms with Gasteiger partial charge in [0.2, 0.25) is 0 Å². The van der Waals surface area contributed by atoms with E-state index >= 15 is 0 Å². The van der Waals surface area contributed by atoms with Gasteiger partial charge in [0.25, 0.3) is 0 Å². The van der Waals surface area contributed by atoms with Gasteiger partial charge in [-0.3, -0.25) is 4.79 Å². The average molecular weight is 228 g/mol. The van der Waals surface area contributed by atoms with Crippen molar-refractivity contribution in [2.24, 2.45) is 11.8 Å². The van der Waals surface area contributed by atoms with Crippen LogP contribution in [0.15, 0.2) is 0 Å². The molecule has 0 aromatic heterocycles. The highest BCUT2D eigenvalue weighted by Crippen LogP contribution is 2.18. The molecule has 1 aliphatic heterocycles. The monoisotopic (exact) mass is 228 g/mol. The van der Waals surface area contributed by atoms with Crippen molar-refractivity contribution in [1.29, 1.82) is 0 Å². The maximum atomic E-state index is 10.9. The highest BCUT2D eigenvalue weighted by molar-refractivity contribution is 5.70. The molecule has 0 bridgehead atoms. The minimum atomic E-state index is -0.706. The Kier molecular flexibility index (Phi) is 4.74. The Balaban J connectivity index is 2.39. The summed E-state index contributed by atoms with van der Waals surface area (Å²) in [6.45, 7) is 7.09. The third-order valence-corrected chi connectivity index (χ3v) is 3.84. The van der Waals surface area contributed by atoms with Crippen molar-refractivity contribution in [2.75, 3.05) is 33.7 Å². The molecule has 4 heteroatoms. The normalized spacial score (nSPS) is 25.9. The lowest BCUT2D eigenvalue weighted by atomic mass is 10.0. The summed E-state index contributed by atoms with van der Waals surface area (Å²) in [5.41, 5.74) is 0. The minimum absolute atomic E-state index is 0.100. The number of carbonyl (C=O) groups is 1. The number of rotatable bonds is 5. The fourth-order valence-corrected chi connectivity index (χ4v) is 2.34. The molecule has 16 heavy (non-hydrogen) atoms. The maximum absolute atomic E-state index is 10.9. The molecule has 1 saturated heterocycles. The molecule has 4 nitrogen and oxygen atoms in total. The maximum Gasteiger partial charge on any atom is 0.307 e. The third-order valence-electron chi connectivity index (χ3n) is 3.84. The van der Waals surface area contributed by atoms with Crippen molar-refractivity contribution in [3.05, 3.63) is 0 Å². The molecule has 1 heterocycles. The summed E-state index contributed by atoms with van der Waals surface area (Å²) in [6.07, 6.45) is 1.23. The van der Waals surface area contributed by atoms with Gasteiger partial charge in [-0.25, -0.2) is 0 Å². The standard InChI is InChI=1S/C12H24N2O2/c1-9(12(15)16)10(2)14(4)8-11-5-6-13(3)7-11/h9-11H,5-8H2,1-4H3,(H,15,16). The first-order valence-corrected chi connectivity index (χ1v) is 6.03. The lowest BCUT2D eigenvalue weighted by Gasteiger charge is -2.29. The first-order valence-electron chi connectivity index (χ1n) is 6.03. The van der Waals surface area contributed by atoms with E-state index in [0.29, 0.717) is 5.92 Å². The van der Waals surface area contributed by atoms with Gasteiger partial charge in [-0.15, -0.1) is 0 Å². The lowest BCUT2D eigenvalue weighted by Crippen LogP contribution is -2.40. The van der Waals surface area contributed by atoms with Gasteiger partial charge in [-0.1, -0.05) is 6.92 Å². The first-order chi connectivity index (χ1) is 7.41. The second-order valence-corrected chi connectivity index (χ2v) is 5.22. The first kappa shape index (κ1) is 13.5. The Morgan fingerprint density at radius 3 is 2.62 bits per heavy atom. The number of likely N-dealkylation sites (tertiary alicyclic amines) is 1. The molecule has 0 saturated carbocycles. The molecule has 94 valence electrons. The van der Waals surface area contributed by atoms with E-state index in [1.54, 1.807) is 6.92 Å². The van der Waals surface area contributed by atoms with Crippen LogP contribution in [0.5, 0.6) is 0 Å². The summed E-state index contributed by atoms with van der Waals surface area (Å²) in [7, 11) is 4.17. The van der Waals surface area contributed by atoms with E-state index < -0.39 is 5.97 Å².